The molecule has 27 heavy (non-hydrogen) atoms. The summed E-state index contributed by atoms with van der Waals surface area (Å²) < 4.78 is 0.741. The first-order valence-corrected chi connectivity index (χ1v) is 10.8. The van der Waals surface area contributed by atoms with Crippen LogP contribution in [0.4, 0.5) is 5.13 Å². The van der Waals surface area contributed by atoms with Crippen molar-refractivity contribution < 1.29 is 4.79 Å². The zero-order chi connectivity index (χ0) is 18.8. The van der Waals surface area contributed by atoms with Gasteiger partial charge in [-0.1, -0.05) is 41.1 Å². The maximum Gasteiger partial charge on any atom is 0.255 e. The lowest BCUT2D eigenvalue weighted by Gasteiger charge is -2.32. The maximum atomic E-state index is 12.6. The Bertz CT molecular complexity index is 1030. The van der Waals surface area contributed by atoms with E-state index in [1.54, 1.807) is 0 Å². The summed E-state index contributed by atoms with van der Waals surface area (Å²) in [4.78, 5) is 31.6. The van der Waals surface area contributed by atoms with Gasteiger partial charge in [0, 0.05) is 24.7 Å². The SMILES string of the molecule is O=C(NCc1ccccc1Cl)[C@@H]1CCCN(c2nc3ccsc3c(=O)s2)C1. The molecule has 140 valence electrons. The molecule has 1 saturated heterocycles. The van der Waals surface area contributed by atoms with E-state index in [2.05, 4.69) is 15.2 Å². The third-order valence-corrected chi connectivity index (χ3v) is 7.03. The molecule has 1 atom stereocenters. The zero-order valence-corrected chi connectivity index (χ0v) is 16.9. The summed E-state index contributed by atoms with van der Waals surface area (Å²) in [7, 11) is 0. The standard InChI is InChI=1S/C19H18ClN3O2S2/c20-14-6-2-1-4-12(14)10-21-17(24)13-5-3-8-23(11-13)19-22-15-7-9-26-16(15)18(25)27-19/h1-2,4,6-7,9,13H,3,5,8,10-11H2,(H,21,24)/t13-/m1/s1. The van der Waals surface area contributed by atoms with Gasteiger partial charge in [0.15, 0.2) is 5.13 Å². The second-order valence-electron chi connectivity index (χ2n) is 6.51. The van der Waals surface area contributed by atoms with Crippen molar-refractivity contribution in [2.75, 3.05) is 18.0 Å². The minimum absolute atomic E-state index is 0.0172. The second kappa shape index (κ2) is 7.96. The van der Waals surface area contributed by atoms with Crippen molar-refractivity contribution >= 4 is 55.5 Å². The van der Waals surface area contributed by atoms with Crippen LogP contribution in [0.15, 0.2) is 40.5 Å². The van der Waals surface area contributed by atoms with Gasteiger partial charge in [-0.05, 0) is 35.9 Å². The summed E-state index contributed by atoms with van der Waals surface area (Å²) in [5, 5.41) is 6.23. The highest BCUT2D eigenvalue weighted by Gasteiger charge is 2.27. The van der Waals surface area contributed by atoms with Gasteiger partial charge in [0.2, 0.25) is 5.91 Å². The Morgan fingerprint density at radius 1 is 1.33 bits per heavy atom. The van der Waals surface area contributed by atoms with Crippen molar-refractivity contribution in [2.24, 2.45) is 5.92 Å². The first kappa shape index (κ1) is 18.4. The molecule has 0 unspecified atom stereocenters. The average Bonchev–Trinajstić information content (AvgIpc) is 3.16. The molecular weight excluding hydrogens is 402 g/mol. The van der Waals surface area contributed by atoms with Gasteiger partial charge in [-0.15, -0.1) is 11.3 Å². The molecule has 1 fully saturated rings. The van der Waals surface area contributed by atoms with Crippen LogP contribution in [0.1, 0.15) is 18.4 Å². The van der Waals surface area contributed by atoms with Crippen molar-refractivity contribution in [1.29, 1.82) is 0 Å². The second-order valence-corrected chi connectivity index (χ2v) is 8.78. The fourth-order valence-corrected chi connectivity index (χ4v) is 5.20. The summed E-state index contributed by atoms with van der Waals surface area (Å²) in [5.41, 5.74) is 1.65. The minimum atomic E-state index is -0.122. The highest BCUT2D eigenvalue weighted by Crippen LogP contribution is 2.27. The molecule has 2 aromatic heterocycles. The topological polar surface area (TPSA) is 62.3 Å². The lowest BCUT2D eigenvalue weighted by molar-refractivity contribution is -0.125. The molecule has 0 radical (unpaired) electrons. The molecule has 1 aromatic carbocycles. The number of carbonyl (C=O) groups is 1. The number of piperidine rings is 1. The van der Waals surface area contributed by atoms with E-state index < -0.39 is 0 Å². The van der Waals surface area contributed by atoms with Crippen LogP contribution in [0.3, 0.4) is 0 Å². The highest BCUT2D eigenvalue weighted by molar-refractivity contribution is 7.21. The number of hydrogen-bond donors (Lipinski definition) is 1. The summed E-state index contributed by atoms with van der Waals surface area (Å²) in [6.45, 7) is 1.81. The fourth-order valence-electron chi connectivity index (χ4n) is 3.27. The van der Waals surface area contributed by atoms with Gasteiger partial charge in [0.05, 0.1) is 11.4 Å². The van der Waals surface area contributed by atoms with Crippen LogP contribution in [0, 0.1) is 5.92 Å². The van der Waals surface area contributed by atoms with Crippen LogP contribution < -0.4 is 15.0 Å². The van der Waals surface area contributed by atoms with Gasteiger partial charge in [0.25, 0.3) is 4.74 Å². The molecule has 0 spiro atoms. The van der Waals surface area contributed by atoms with Crippen LogP contribution in [-0.2, 0) is 11.3 Å². The molecule has 1 amide bonds. The number of thiophene rings is 1. The van der Waals surface area contributed by atoms with E-state index in [9.17, 15) is 9.59 Å². The molecule has 1 aliphatic heterocycles. The number of anilines is 1. The molecule has 0 bridgehead atoms. The van der Waals surface area contributed by atoms with Gasteiger partial charge < -0.3 is 10.2 Å². The Balaban J connectivity index is 1.44. The molecule has 0 saturated carbocycles. The van der Waals surface area contributed by atoms with Gasteiger partial charge in [-0.2, -0.15) is 0 Å². The van der Waals surface area contributed by atoms with Crippen LogP contribution >= 0.6 is 34.3 Å². The largest absolute Gasteiger partial charge is 0.352 e. The number of hydrogen-bond acceptors (Lipinski definition) is 6. The monoisotopic (exact) mass is 419 g/mol. The summed E-state index contributed by atoms with van der Waals surface area (Å²) in [6, 6.07) is 9.38. The van der Waals surface area contributed by atoms with E-state index in [4.69, 9.17) is 11.6 Å². The van der Waals surface area contributed by atoms with E-state index in [1.165, 1.54) is 11.3 Å². The van der Waals surface area contributed by atoms with Crippen molar-refractivity contribution in [3.05, 3.63) is 55.8 Å². The molecule has 1 aliphatic rings. The summed E-state index contributed by atoms with van der Waals surface area (Å²) in [6.07, 6.45) is 1.73. The highest BCUT2D eigenvalue weighted by atomic mass is 35.5. The number of amides is 1. The average molecular weight is 420 g/mol. The third-order valence-electron chi connectivity index (χ3n) is 4.70. The molecule has 0 aliphatic carbocycles. The number of fused-ring (bicyclic) bond motifs is 1. The van der Waals surface area contributed by atoms with Crippen molar-refractivity contribution in [3.63, 3.8) is 0 Å². The molecule has 5 nitrogen and oxygen atoms in total. The Hall–Kier alpha value is -1.96. The lowest BCUT2D eigenvalue weighted by atomic mass is 9.97. The number of halogens is 1. The van der Waals surface area contributed by atoms with Crippen LogP contribution in [0.5, 0.6) is 0 Å². The molecule has 4 rings (SSSR count). The normalized spacial score (nSPS) is 17.2. The number of aromatic nitrogens is 1. The third kappa shape index (κ3) is 4.00. The number of carbonyl (C=O) groups excluding carboxylic acids is 1. The van der Waals surface area contributed by atoms with E-state index in [-0.39, 0.29) is 16.6 Å². The van der Waals surface area contributed by atoms with Crippen LogP contribution in [0.2, 0.25) is 5.02 Å². The van der Waals surface area contributed by atoms with Crippen molar-refractivity contribution in [2.45, 2.75) is 19.4 Å². The predicted octanol–water partition coefficient (Wildman–Crippen LogP) is 3.90. The van der Waals surface area contributed by atoms with Gasteiger partial charge in [0.1, 0.15) is 4.70 Å². The Kier molecular flexibility index (Phi) is 5.43. The first-order chi connectivity index (χ1) is 13.1. The summed E-state index contributed by atoms with van der Waals surface area (Å²) >= 11 is 8.74. The maximum absolute atomic E-state index is 12.6. The number of nitrogens with one attached hydrogen (secondary N) is 1. The van der Waals surface area contributed by atoms with Crippen molar-refractivity contribution in [3.8, 4) is 0 Å². The lowest BCUT2D eigenvalue weighted by Crippen LogP contribution is -2.43. The van der Waals surface area contributed by atoms with Crippen LogP contribution in [-0.4, -0.2) is 24.0 Å². The fraction of sp³-hybridized carbons (Fsp3) is 0.316. The van der Waals surface area contributed by atoms with Crippen LogP contribution in [0.25, 0.3) is 10.2 Å². The Morgan fingerprint density at radius 3 is 3.04 bits per heavy atom. The number of benzene rings is 1. The Labute approximate surface area is 169 Å². The molecule has 1 N–H and O–H groups in total. The molecule has 8 heteroatoms. The van der Waals surface area contributed by atoms with E-state index in [0.717, 1.165) is 41.8 Å². The molecule has 3 aromatic rings. The molecule has 3 heterocycles. The van der Waals surface area contributed by atoms with Gasteiger partial charge >= 0.3 is 0 Å². The summed E-state index contributed by atoms with van der Waals surface area (Å²) in [5.74, 6) is -0.105. The number of nitrogens with zero attached hydrogens (tertiary/aromatic N) is 2. The first-order valence-electron chi connectivity index (χ1n) is 8.76. The predicted molar refractivity (Wildman–Crippen MR) is 112 cm³/mol. The minimum Gasteiger partial charge on any atom is -0.352 e. The van der Waals surface area contributed by atoms with Crippen molar-refractivity contribution in [1.82, 2.24) is 10.3 Å². The van der Waals surface area contributed by atoms with E-state index in [1.807, 2.05) is 35.7 Å². The van der Waals surface area contributed by atoms with Gasteiger partial charge in [-0.25, -0.2) is 4.98 Å². The van der Waals surface area contributed by atoms with E-state index >= 15 is 0 Å². The smallest absolute Gasteiger partial charge is 0.255 e. The van der Waals surface area contributed by atoms with Gasteiger partial charge in [-0.3, -0.25) is 9.59 Å². The zero-order valence-electron chi connectivity index (χ0n) is 14.5. The number of rotatable bonds is 4. The molecular formula is C19H18ClN3O2S2. The quantitative estimate of drug-likeness (QED) is 0.696. The van der Waals surface area contributed by atoms with E-state index in [0.29, 0.717) is 27.9 Å². The Morgan fingerprint density at radius 2 is 2.19 bits per heavy atom.